The van der Waals surface area contributed by atoms with Crippen molar-refractivity contribution in [3.8, 4) is 11.5 Å². The van der Waals surface area contributed by atoms with Gasteiger partial charge < -0.3 is 34.3 Å². The lowest BCUT2D eigenvalue weighted by Gasteiger charge is -2.58. The van der Waals surface area contributed by atoms with E-state index in [1.54, 1.807) is 21.1 Å². The van der Waals surface area contributed by atoms with Gasteiger partial charge in [0.1, 0.15) is 29.5 Å². The second kappa shape index (κ2) is 11.8. The average Bonchev–Trinajstić information content (AvgIpc) is 3.32. The van der Waals surface area contributed by atoms with E-state index in [1.807, 2.05) is 12.1 Å². The highest BCUT2D eigenvalue weighted by Crippen LogP contribution is 2.69. The predicted octanol–water partition coefficient (Wildman–Crippen LogP) is 4.78. The molecule has 1 aliphatic heterocycles. The number of carbonyl (C=O) groups is 1. The van der Waals surface area contributed by atoms with Crippen molar-refractivity contribution in [3.05, 3.63) is 35.4 Å². The van der Waals surface area contributed by atoms with Crippen LogP contribution < -0.4 is 9.47 Å². The van der Waals surface area contributed by atoms with Crippen molar-refractivity contribution < 1.29 is 39.1 Å². The van der Waals surface area contributed by atoms with Gasteiger partial charge in [0.05, 0.1) is 33.0 Å². The first-order valence-electron chi connectivity index (χ1n) is 16.2. The molecule has 1 aromatic rings. The van der Waals surface area contributed by atoms with Crippen LogP contribution in [0.25, 0.3) is 0 Å². The number of aliphatic hydroxyl groups excluding tert-OH is 3. The van der Waals surface area contributed by atoms with E-state index in [9.17, 15) is 20.1 Å². The number of Topliss-reactive ketones (excluding diaryl/α,β-unsaturated/α-hetero) is 1. The van der Waals surface area contributed by atoms with Gasteiger partial charge in [-0.3, -0.25) is 4.79 Å². The normalized spacial score (nSPS) is 44.0. The van der Waals surface area contributed by atoms with Crippen molar-refractivity contribution in [1.29, 1.82) is 0 Å². The predicted molar refractivity (Wildman–Crippen MR) is 161 cm³/mol. The molecule has 0 spiro atoms. The van der Waals surface area contributed by atoms with E-state index in [4.69, 9.17) is 18.9 Å². The molecule has 4 fully saturated rings. The summed E-state index contributed by atoms with van der Waals surface area (Å²) in [7, 11) is 3.39. The molecule has 5 aliphatic rings. The lowest BCUT2D eigenvalue weighted by molar-refractivity contribution is -0.271. The number of ketones is 1. The smallest absolute Gasteiger partial charge is 0.161 e. The first kappa shape index (κ1) is 31.0. The minimum atomic E-state index is -1.10. The van der Waals surface area contributed by atoms with Crippen molar-refractivity contribution in [3.63, 3.8) is 0 Å². The van der Waals surface area contributed by atoms with Gasteiger partial charge in [0.15, 0.2) is 6.29 Å². The quantitative estimate of drug-likeness (QED) is 0.385. The number of fused-ring (bicyclic) bond motifs is 5. The molecule has 1 saturated heterocycles. The minimum absolute atomic E-state index is 0.0185. The summed E-state index contributed by atoms with van der Waals surface area (Å²) in [5.41, 5.74) is 2.60. The molecular formula is C35H50O8. The first-order chi connectivity index (χ1) is 20.5. The Kier molecular flexibility index (Phi) is 8.48. The zero-order chi connectivity index (χ0) is 30.7. The Hall–Kier alpha value is -1.97. The SMILES string of the molecule is COc1ccc(OC)c(C2CC3C4CC=C5CC(OC6CC(O)C(O)C(CO)O6)CCC5(C)C4CCC3(C)C2C(C)=O)c1. The second-order valence-corrected chi connectivity index (χ2v) is 14.4. The maximum absolute atomic E-state index is 13.4. The molecular weight excluding hydrogens is 548 g/mol. The largest absolute Gasteiger partial charge is 0.497 e. The van der Waals surface area contributed by atoms with Gasteiger partial charge >= 0.3 is 0 Å². The van der Waals surface area contributed by atoms with E-state index in [0.717, 1.165) is 62.0 Å². The molecule has 43 heavy (non-hydrogen) atoms. The maximum atomic E-state index is 13.4. The molecule has 12 unspecified atom stereocenters. The van der Waals surface area contributed by atoms with Crippen LogP contribution in [0.2, 0.25) is 0 Å². The molecule has 3 saturated carbocycles. The van der Waals surface area contributed by atoms with E-state index < -0.39 is 24.6 Å². The van der Waals surface area contributed by atoms with Gasteiger partial charge in [-0.05, 0) is 105 Å². The van der Waals surface area contributed by atoms with Gasteiger partial charge in [-0.1, -0.05) is 25.5 Å². The molecule has 0 bridgehead atoms. The van der Waals surface area contributed by atoms with Crippen LogP contribution in [0.1, 0.15) is 83.6 Å². The van der Waals surface area contributed by atoms with Crippen molar-refractivity contribution in [2.45, 2.75) is 109 Å². The van der Waals surface area contributed by atoms with Crippen molar-refractivity contribution >= 4 is 5.78 Å². The molecule has 1 aromatic carbocycles. The summed E-state index contributed by atoms with van der Waals surface area (Å²) in [4.78, 5) is 13.4. The summed E-state index contributed by atoms with van der Waals surface area (Å²) >= 11 is 0. The topological polar surface area (TPSA) is 115 Å². The molecule has 0 radical (unpaired) electrons. The van der Waals surface area contributed by atoms with Crippen LogP contribution in [0.3, 0.4) is 0 Å². The Morgan fingerprint density at radius 1 is 1.07 bits per heavy atom. The van der Waals surface area contributed by atoms with Crippen LogP contribution in [0, 0.1) is 34.5 Å². The molecule has 0 amide bonds. The van der Waals surface area contributed by atoms with Crippen LogP contribution in [0.4, 0.5) is 0 Å². The Morgan fingerprint density at radius 3 is 2.56 bits per heavy atom. The molecule has 3 N–H and O–H groups in total. The molecule has 8 nitrogen and oxygen atoms in total. The Morgan fingerprint density at radius 2 is 1.86 bits per heavy atom. The molecule has 6 rings (SSSR count). The van der Waals surface area contributed by atoms with Gasteiger partial charge in [-0.15, -0.1) is 0 Å². The number of carbonyl (C=O) groups excluding carboxylic acids is 1. The van der Waals surface area contributed by atoms with Crippen LogP contribution in [0.15, 0.2) is 29.8 Å². The number of hydrogen-bond donors (Lipinski definition) is 3. The van der Waals surface area contributed by atoms with E-state index in [-0.39, 0.29) is 47.6 Å². The number of methoxy groups -OCH3 is 2. The third-order valence-electron chi connectivity index (χ3n) is 12.5. The number of benzene rings is 1. The summed E-state index contributed by atoms with van der Waals surface area (Å²) in [6.45, 7) is 6.26. The summed E-state index contributed by atoms with van der Waals surface area (Å²) in [6.07, 6.45) is 6.06. The molecule has 1 heterocycles. The van der Waals surface area contributed by atoms with Crippen molar-refractivity contribution in [2.75, 3.05) is 20.8 Å². The number of rotatable bonds is 7. The monoisotopic (exact) mass is 598 g/mol. The lowest BCUT2D eigenvalue weighted by Crippen LogP contribution is -2.52. The van der Waals surface area contributed by atoms with Crippen LogP contribution in [-0.4, -0.2) is 72.6 Å². The number of hydrogen-bond acceptors (Lipinski definition) is 8. The summed E-state index contributed by atoms with van der Waals surface area (Å²) in [5.74, 6) is 3.50. The molecule has 12 atom stereocenters. The fourth-order valence-corrected chi connectivity index (χ4v) is 10.3. The molecule has 4 aliphatic carbocycles. The maximum Gasteiger partial charge on any atom is 0.161 e. The van der Waals surface area contributed by atoms with Gasteiger partial charge in [0.25, 0.3) is 0 Å². The Bertz CT molecular complexity index is 1230. The van der Waals surface area contributed by atoms with Gasteiger partial charge in [-0.2, -0.15) is 0 Å². The summed E-state index contributed by atoms with van der Waals surface area (Å²) in [6, 6.07) is 5.98. The van der Waals surface area contributed by atoms with E-state index >= 15 is 0 Å². The zero-order valence-corrected chi connectivity index (χ0v) is 26.3. The summed E-state index contributed by atoms with van der Waals surface area (Å²) in [5, 5.41) is 29.9. The average molecular weight is 599 g/mol. The number of aliphatic hydroxyl groups is 3. The molecule has 0 aromatic heterocycles. The van der Waals surface area contributed by atoms with E-state index in [1.165, 1.54) is 5.57 Å². The van der Waals surface area contributed by atoms with Gasteiger partial charge in [0.2, 0.25) is 0 Å². The highest BCUT2D eigenvalue weighted by atomic mass is 16.7. The zero-order valence-electron chi connectivity index (χ0n) is 26.3. The second-order valence-electron chi connectivity index (χ2n) is 14.4. The highest BCUT2D eigenvalue weighted by molar-refractivity contribution is 5.81. The van der Waals surface area contributed by atoms with Crippen molar-refractivity contribution in [2.24, 2.45) is 34.5 Å². The van der Waals surface area contributed by atoms with E-state index in [2.05, 4.69) is 26.0 Å². The Balaban J connectivity index is 1.23. The fraction of sp³-hybridized carbons (Fsp3) is 0.743. The third kappa shape index (κ3) is 5.15. The number of allylic oxidation sites excluding steroid dienone is 1. The standard InChI is InChI=1S/C35H50O8/c1-19(37)32-25(24-15-21(40-4)7-9-29(24)41-5)16-27-23-8-6-20-14-22(42-31-17-28(38)33(39)30(18-36)43-31)10-12-34(20,2)26(23)11-13-35(27,32)3/h6-7,9,15,22-23,25-28,30-33,36,38-39H,8,10-14,16-18H2,1-5H3. The number of ether oxygens (including phenoxy) is 4. The Labute approximate surface area is 255 Å². The van der Waals surface area contributed by atoms with Crippen LogP contribution in [-0.2, 0) is 14.3 Å². The van der Waals surface area contributed by atoms with Gasteiger partial charge in [0, 0.05) is 17.9 Å². The van der Waals surface area contributed by atoms with Crippen LogP contribution in [0.5, 0.6) is 11.5 Å². The van der Waals surface area contributed by atoms with Crippen molar-refractivity contribution in [1.82, 2.24) is 0 Å². The molecule has 8 heteroatoms. The van der Waals surface area contributed by atoms with E-state index in [0.29, 0.717) is 17.8 Å². The third-order valence-corrected chi connectivity index (χ3v) is 12.5. The highest BCUT2D eigenvalue weighted by Gasteiger charge is 2.62. The summed E-state index contributed by atoms with van der Waals surface area (Å²) < 4.78 is 23.5. The first-order valence-corrected chi connectivity index (χ1v) is 16.2. The lowest BCUT2D eigenvalue weighted by atomic mass is 9.47. The molecule has 238 valence electrons. The van der Waals surface area contributed by atoms with Gasteiger partial charge in [-0.25, -0.2) is 0 Å². The fourth-order valence-electron chi connectivity index (χ4n) is 10.3. The van der Waals surface area contributed by atoms with Crippen LogP contribution >= 0.6 is 0 Å². The minimum Gasteiger partial charge on any atom is -0.497 e.